The molecule has 1 aliphatic carbocycles. The monoisotopic (exact) mass is 641 g/mol. The van der Waals surface area contributed by atoms with E-state index in [1.807, 2.05) is 12.1 Å². The average molecular weight is 642 g/mol. The molecule has 0 saturated heterocycles. The molecule has 0 radical (unpaired) electrons. The van der Waals surface area contributed by atoms with E-state index in [-0.39, 0.29) is 15.4 Å². The van der Waals surface area contributed by atoms with Gasteiger partial charge in [0.1, 0.15) is 11.2 Å². The smallest absolute Gasteiger partial charge is 0.143 e. The van der Waals surface area contributed by atoms with Gasteiger partial charge in [-0.1, -0.05) is 141 Å². The number of rotatable bonds is 4. The van der Waals surface area contributed by atoms with Gasteiger partial charge in [-0.05, 0) is 80.4 Å². The van der Waals surface area contributed by atoms with Crippen LogP contribution in [0.25, 0.3) is 65.7 Å². The fourth-order valence-corrected chi connectivity index (χ4v) is 8.25. The minimum Gasteiger partial charge on any atom is -0.455 e. The number of hydrogen-bond donors (Lipinski definition) is 0. The second-order valence-electron chi connectivity index (χ2n) is 13.7. The fraction of sp³-hybridized carbons (Fsp3) is 0.0638. The quantitative estimate of drug-likeness (QED) is 0.178. The van der Waals surface area contributed by atoms with E-state index in [0.717, 1.165) is 50.1 Å². The Bertz CT molecular complexity index is 2780. The zero-order valence-electron chi connectivity index (χ0n) is 27.4. The predicted molar refractivity (Wildman–Crippen MR) is 221 cm³/mol. The van der Waals surface area contributed by atoms with Gasteiger partial charge in [-0.25, -0.2) is 0 Å². The van der Waals surface area contributed by atoms with Crippen LogP contribution in [0, 0.1) is 0 Å². The van der Waals surface area contributed by atoms with E-state index in [9.17, 15) is 0 Å². The summed E-state index contributed by atoms with van der Waals surface area (Å²) in [5.74, 6) is 0. The van der Waals surface area contributed by atoms with Gasteiger partial charge in [0.05, 0.1) is 5.69 Å². The van der Waals surface area contributed by atoms with Gasteiger partial charge in [0, 0.05) is 48.5 Å². The first kappa shape index (κ1) is 27.9. The Kier molecular flexibility index (Phi) is 5.95. The molecule has 0 spiro atoms. The van der Waals surface area contributed by atoms with Crippen molar-refractivity contribution in [2.75, 3.05) is 4.90 Å². The van der Waals surface area contributed by atoms with Gasteiger partial charge in [0.15, 0.2) is 0 Å². The maximum absolute atomic E-state index is 6.42. The molecule has 0 bridgehead atoms. The summed E-state index contributed by atoms with van der Waals surface area (Å²) < 4.78 is 6.42. The molecule has 0 fully saturated rings. The molecule has 0 aliphatic heterocycles. The minimum absolute atomic E-state index is 0. The summed E-state index contributed by atoms with van der Waals surface area (Å²) in [5, 5.41) is 7.25. The number of anilines is 3. The van der Waals surface area contributed by atoms with Gasteiger partial charge in [0.25, 0.3) is 0 Å². The molecule has 10 rings (SSSR count). The fourth-order valence-electron chi connectivity index (χ4n) is 8.25. The minimum atomic E-state index is -0.103. The molecule has 49 heavy (non-hydrogen) atoms. The maximum atomic E-state index is 6.42. The van der Waals surface area contributed by atoms with E-state index in [2.05, 4.69) is 170 Å². The molecule has 0 N–H and O–H groups in total. The number of fused-ring (bicyclic) bond motifs is 9. The Morgan fingerprint density at radius 3 is 2.04 bits per heavy atom. The number of nitrogens with zero attached hydrogens (tertiary/aromatic N) is 1. The van der Waals surface area contributed by atoms with Crippen LogP contribution in [0.3, 0.4) is 0 Å². The molecular weight excluding hydrogens is 595 g/mol. The lowest BCUT2D eigenvalue weighted by molar-refractivity contribution is 0.660. The number of benzene rings is 8. The highest BCUT2D eigenvalue weighted by atomic mass is 16.3. The molecule has 9 aromatic rings. The molecule has 0 atom stereocenters. The Morgan fingerprint density at radius 2 is 1.14 bits per heavy atom. The van der Waals surface area contributed by atoms with E-state index in [1.165, 1.54) is 43.8 Å². The first-order valence-electron chi connectivity index (χ1n) is 17.0. The molecule has 2 nitrogen and oxygen atoms in total. The summed E-state index contributed by atoms with van der Waals surface area (Å²) in [6.45, 7) is 4.70. The number of furan rings is 1. The largest absolute Gasteiger partial charge is 0.455 e. The van der Waals surface area contributed by atoms with E-state index in [0.29, 0.717) is 0 Å². The van der Waals surface area contributed by atoms with Crippen LogP contribution < -0.4 is 4.90 Å². The number of hydrogen-bond acceptors (Lipinski definition) is 2. The van der Waals surface area contributed by atoms with Gasteiger partial charge in [-0.15, -0.1) is 0 Å². The summed E-state index contributed by atoms with van der Waals surface area (Å²) in [6, 6.07) is 59.5. The third-order valence-corrected chi connectivity index (χ3v) is 10.7. The van der Waals surface area contributed by atoms with Crippen LogP contribution >= 0.6 is 0 Å². The third-order valence-electron chi connectivity index (χ3n) is 10.7. The lowest BCUT2D eigenvalue weighted by atomic mass is 9.82. The molecule has 1 aliphatic rings. The zero-order chi connectivity index (χ0) is 32.7. The van der Waals surface area contributed by atoms with Crippen molar-refractivity contribution < 1.29 is 14.4 Å². The topological polar surface area (TPSA) is 16.4 Å². The maximum Gasteiger partial charge on any atom is 0.143 e. The zero-order valence-corrected chi connectivity index (χ0v) is 27.4. The summed E-state index contributed by atoms with van der Waals surface area (Å²) in [5.41, 5.74) is 12.8. The molecule has 1 aromatic heterocycles. The average Bonchev–Trinajstić information content (AvgIpc) is 3.64. The first-order chi connectivity index (χ1) is 24.1. The third kappa shape index (κ3) is 4.14. The summed E-state index contributed by atoms with van der Waals surface area (Å²) in [6.07, 6.45) is 0. The van der Waals surface area contributed by atoms with Crippen LogP contribution in [0.5, 0.6) is 0 Å². The summed E-state index contributed by atoms with van der Waals surface area (Å²) in [7, 11) is 0. The highest BCUT2D eigenvalue weighted by molar-refractivity contribution is 6.15. The highest BCUT2D eigenvalue weighted by Crippen LogP contribution is 2.51. The molecular formula is C47H47NO. The van der Waals surface area contributed by atoms with E-state index < -0.39 is 0 Å². The molecule has 8 aromatic carbocycles. The van der Waals surface area contributed by atoms with Crippen LogP contribution in [0.15, 0.2) is 168 Å². The van der Waals surface area contributed by atoms with Crippen LogP contribution in [-0.2, 0) is 5.41 Å². The van der Waals surface area contributed by atoms with E-state index >= 15 is 0 Å². The van der Waals surface area contributed by atoms with Crippen LogP contribution in [-0.4, -0.2) is 0 Å². The van der Waals surface area contributed by atoms with Crippen molar-refractivity contribution in [1.29, 1.82) is 0 Å². The van der Waals surface area contributed by atoms with Gasteiger partial charge in [-0.3, -0.25) is 0 Å². The van der Waals surface area contributed by atoms with Crippen molar-refractivity contribution >= 4 is 60.5 Å². The Balaban J connectivity index is 0.00000120. The Morgan fingerprint density at radius 1 is 0.490 bits per heavy atom. The van der Waals surface area contributed by atoms with Gasteiger partial charge in [-0.2, -0.15) is 0 Å². The predicted octanol–water partition coefficient (Wildman–Crippen LogP) is 15.1. The lowest BCUT2D eigenvalue weighted by Crippen LogP contribution is -2.16. The van der Waals surface area contributed by atoms with Crippen LogP contribution in [0.2, 0.25) is 0 Å². The van der Waals surface area contributed by atoms with Crippen molar-refractivity contribution in [2.45, 2.75) is 19.3 Å². The summed E-state index contributed by atoms with van der Waals surface area (Å²) >= 11 is 0. The van der Waals surface area contributed by atoms with Crippen LogP contribution in [0.1, 0.15) is 35.0 Å². The molecule has 2 heteroatoms. The standard InChI is InChI=1S/C47H33NO.7H2/c1-47(2)41-18-7-5-14-37(41)38-28-27-34(29-42(38)47)48(43-19-9-12-32-22-21-30-11-3-4-13-35(30)45(32)43)33-25-23-31(24-26-33)36-16-10-17-40-39-15-6-8-20-44(39)49-46(36)40;;;;;;;/h3-29H,1-2H3;7*1H. The van der Waals surface area contributed by atoms with E-state index in [4.69, 9.17) is 4.42 Å². The molecule has 246 valence electrons. The molecule has 1 heterocycles. The van der Waals surface area contributed by atoms with Gasteiger partial charge >= 0.3 is 0 Å². The van der Waals surface area contributed by atoms with Crippen LogP contribution in [0.4, 0.5) is 17.1 Å². The first-order valence-corrected chi connectivity index (χ1v) is 17.0. The van der Waals surface area contributed by atoms with Crippen molar-refractivity contribution in [3.8, 4) is 22.3 Å². The van der Waals surface area contributed by atoms with E-state index in [1.54, 1.807) is 0 Å². The second-order valence-corrected chi connectivity index (χ2v) is 13.7. The van der Waals surface area contributed by atoms with Crippen molar-refractivity contribution in [3.63, 3.8) is 0 Å². The SMILES string of the molecule is CC1(C)c2ccccc2-c2ccc(N(c3ccc(-c4cccc5c4oc4ccccc45)cc3)c3cccc4ccc5ccccc5c34)cc21.[HH].[HH].[HH].[HH].[HH].[HH].[HH]. The molecule has 0 saturated carbocycles. The molecule has 0 amide bonds. The van der Waals surface area contributed by atoms with Gasteiger partial charge in [0.2, 0.25) is 0 Å². The lowest BCUT2D eigenvalue weighted by Gasteiger charge is -2.29. The number of para-hydroxylation sites is 2. The van der Waals surface area contributed by atoms with Crippen molar-refractivity contribution in [1.82, 2.24) is 0 Å². The second kappa shape index (κ2) is 10.4. The Hall–Kier alpha value is -6.12. The van der Waals surface area contributed by atoms with Gasteiger partial charge < -0.3 is 9.32 Å². The molecule has 0 unspecified atom stereocenters. The van der Waals surface area contributed by atoms with Crippen molar-refractivity contribution in [3.05, 3.63) is 175 Å². The normalized spacial score (nSPS) is 13.3. The Labute approximate surface area is 295 Å². The summed E-state index contributed by atoms with van der Waals surface area (Å²) in [4.78, 5) is 2.44. The highest BCUT2D eigenvalue weighted by Gasteiger charge is 2.35. The van der Waals surface area contributed by atoms with Crippen molar-refractivity contribution in [2.24, 2.45) is 0 Å².